The van der Waals surface area contributed by atoms with Gasteiger partial charge in [-0.1, -0.05) is 11.8 Å². The van der Waals surface area contributed by atoms with Crippen LogP contribution in [0.2, 0.25) is 0 Å². The zero-order chi connectivity index (χ0) is 22.4. The van der Waals surface area contributed by atoms with Gasteiger partial charge in [0, 0.05) is 17.7 Å². The van der Waals surface area contributed by atoms with Crippen LogP contribution in [0.5, 0.6) is 23.0 Å². The number of carbonyl (C=O) groups is 1. The molecule has 0 unspecified atom stereocenters. The molecule has 0 aliphatic heterocycles. The highest BCUT2D eigenvalue weighted by Gasteiger charge is 2.17. The summed E-state index contributed by atoms with van der Waals surface area (Å²) in [5.41, 5.74) is 1.40. The summed E-state index contributed by atoms with van der Waals surface area (Å²) in [6, 6.07) is 10.7. The third kappa shape index (κ3) is 4.77. The van der Waals surface area contributed by atoms with E-state index in [9.17, 15) is 4.79 Å². The largest absolute Gasteiger partial charge is 0.493 e. The van der Waals surface area contributed by atoms with Gasteiger partial charge in [-0.15, -0.1) is 10.2 Å². The van der Waals surface area contributed by atoms with Crippen molar-refractivity contribution in [2.45, 2.75) is 18.6 Å². The van der Waals surface area contributed by atoms with Gasteiger partial charge in [0.05, 0.1) is 34.2 Å². The molecule has 0 atom stereocenters. The molecule has 0 spiro atoms. The summed E-state index contributed by atoms with van der Waals surface area (Å²) in [6.07, 6.45) is 0. The number of Topliss-reactive ketones (excluding diaryl/α,β-unsaturated/α-hetero) is 1. The number of nitrogens with zero attached hydrogens (tertiary/aromatic N) is 3. The van der Waals surface area contributed by atoms with E-state index in [0.29, 0.717) is 46.1 Å². The Morgan fingerprint density at radius 1 is 0.871 bits per heavy atom. The van der Waals surface area contributed by atoms with E-state index in [0.717, 1.165) is 5.56 Å². The smallest absolute Gasteiger partial charge is 0.191 e. The molecule has 0 amide bonds. The first-order valence-electron chi connectivity index (χ1n) is 9.59. The lowest BCUT2D eigenvalue weighted by atomic mass is 10.1. The van der Waals surface area contributed by atoms with Crippen molar-refractivity contribution in [2.75, 3.05) is 34.2 Å². The van der Waals surface area contributed by atoms with Gasteiger partial charge in [0.2, 0.25) is 0 Å². The van der Waals surface area contributed by atoms with Crippen LogP contribution in [0.3, 0.4) is 0 Å². The summed E-state index contributed by atoms with van der Waals surface area (Å²) in [5, 5.41) is 9.30. The Hall–Kier alpha value is -3.20. The summed E-state index contributed by atoms with van der Waals surface area (Å²) in [7, 11) is 6.28. The lowest BCUT2D eigenvalue weighted by Gasteiger charge is -2.11. The van der Waals surface area contributed by atoms with Crippen molar-refractivity contribution in [3.63, 3.8) is 0 Å². The first-order chi connectivity index (χ1) is 15.1. The molecule has 164 valence electrons. The van der Waals surface area contributed by atoms with Gasteiger partial charge in [0.1, 0.15) is 0 Å². The predicted molar refractivity (Wildman–Crippen MR) is 119 cm³/mol. The Morgan fingerprint density at radius 2 is 1.48 bits per heavy atom. The zero-order valence-electron chi connectivity index (χ0n) is 18.2. The number of thioether (sulfide) groups is 1. The van der Waals surface area contributed by atoms with Gasteiger partial charge in [0.25, 0.3) is 0 Å². The van der Waals surface area contributed by atoms with Gasteiger partial charge in [-0.25, -0.2) is 0 Å². The number of ketones is 1. The van der Waals surface area contributed by atoms with Gasteiger partial charge in [-0.3, -0.25) is 4.79 Å². The van der Waals surface area contributed by atoms with Crippen molar-refractivity contribution >= 4 is 17.5 Å². The van der Waals surface area contributed by atoms with Crippen LogP contribution >= 0.6 is 11.8 Å². The maximum atomic E-state index is 12.7. The first-order valence-corrected chi connectivity index (χ1v) is 10.6. The second-order valence-corrected chi connectivity index (χ2v) is 7.34. The van der Waals surface area contributed by atoms with Crippen molar-refractivity contribution in [1.29, 1.82) is 0 Å². The SMILES string of the molecule is CCn1c(SCC(=O)c2ccc(OC)c(OC)c2)nnc1-c1ccc(OC)c(OC)c1. The molecular formula is C22H25N3O5S. The molecule has 0 bridgehead atoms. The molecule has 3 rings (SSSR count). The summed E-state index contributed by atoms with van der Waals surface area (Å²) in [4.78, 5) is 12.7. The van der Waals surface area contributed by atoms with Gasteiger partial charge in [-0.05, 0) is 43.3 Å². The first kappa shape index (κ1) is 22.5. The summed E-state index contributed by atoms with van der Waals surface area (Å²) >= 11 is 1.34. The topological polar surface area (TPSA) is 84.7 Å². The third-order valence-corrected chi connectivity index (χ3v) is 5.68. The molecule has 0 N–H and O–H groups in total. The number of hydrogen-bond donors (Lipinski definition) is 0. The highest BCUT2D eigenvalue weighted by atomic mass is 32.2. The van der Waals surface area contributed by atoms with Gasteiger partial charge in [0.15, 0.2) is 39.8 Å². The highest BCUT2D eigenvalue weighted by molar-refractivity contribution is 7.99. The fraction of sp³-hybridized carbons (Fsp3) is 0.318. The van der Waals surface area contributed by atoms with Crippen molar-refractivity contribution in [3.05, 3.63) is 42.0 Å². The van der Waals surface area contributed by atoms with Crippen LogP contribution in [0.15, 0.2) is 41.6 Å². The number of aromatic nitrogens is 3. The van der Waals surface area contributed by atoms with Crippen molar-refractivity contribution < 1.29 is 23.7 Å². The van der Waals surface area contributed by atoms with Crippen LogP contribution in [0.25, 0.3) is 11.4 Å². The molecule has 0 fully saturated rings. The molecule has 0 radical (unpaired) electrons. The number of rotatable bonds is 10. The van der Waals surface area contributed by atoms with Crippen molar-refractivity contribution in [1.82, 2.24) is 14.8 Å². The average molecular weight is 444 g/mol. The van der Waals surface area contributed by atoms with E-state index in [1.807, 2.05) is 29.7 Å². The lowest BCUT2D eigenvalue weighted by Crippen LogP contribution is -2.06. The fourth-order valence-electron chi connectivity index (χ4n) is 3.09. The second-order valence-electron chi connectivity index (χ2n) is 6.40. The monoisotopic (exact) mass is 443 g/mol. The molecule has 0 saturated heterocycles. The molecule has 9 heteroatoms. The Labute approximate surface area is 185 Å². The number of benzene rings is 2. The van der Waals surface area contributed by atoms with Crippen LogP contribution in [-0.2, 0) is 6.54 Å². The molecule has 3 aromatic rings. The lowest BCUT2D eigenvalue weighted by molar-refractivity contribution is 0.102. The maximum Gasteiger partial charge on any atom is 0.191 e. The van der Waals surface area contributed by atoms with E-state index >= 15 is 0 Å². The summed E-state index contributed by atoms with van der Waals surface area (Å²) in [6.45, 7) is 2.66. The molecule has 2 aromatic carbocycles. The predicted octanol–water partition coefficient (Wildman–Crippen LogP) is 3.97. The Bertz CT molecular complexity index is 1070. The summed E-state index contributed by atoms with van der Waals surface area (Å²) < 4.78 is 23.2. The maximum absolute atomic E-state index is 12.7. The van der Waals surface area contributed by atoms with Crippen LogP contribution < -0.4 is 18.9 Å². The van der Waals surface area contributed by atoms with Crippen LogP contribution in [0.4, 0.5) is 0 Å². The molecule has 0 saturated carbocycles. The number of methoxy groups -OCH3 is 4. The normalized spacial score (nSPS) is 10.6. The molecule has 1 heterocycles. The van der Waals surface area contributed by atoms with E-state index in [-0.39, 0.29) is 11.5 Å². The third-order valence-electron chi connectivity index (χ3n) is 4.71. The van der Waals surface area contributed by atoms with Crippen LogP contribution in [0.1, 0.15) is 17.3 Å². The van der Waals surface area contributed by atoms with Gasteiger partial charge >= 0.3 is 0 Å². The molecule has 8 nitrogen and oxygen atoms in total. The van der Waals surface area contributed by atoms with Crippen LogP contribution in [-0.4, -0.2) is 54.7 Å². The minimum Gasteiger partial charge on any atom is -0.493 e. The fourth-order valence-corrected chi connectivity index (χ4v) is 3.99. The zero-order valence-corrected chi connectivity index (χ0v) is 19.0. The Morgan fingerprint density at radius 3 is 2.10 bits per heavy atom. The number of hydrogen-bond acceptors (Lipinski definition) is 8. The average Bonchev–Trinajstić information content (AvgIpc) is 3.24. The van der Waals surface area contributed by atoms with Crippen molar-refractivity contribution in [3.8, 4) is 34.4 Å². The number of ether oxygens (including phenoxy) is 4. The standard InChI is InChI=1S/C22H25N3O5S/c1-6-25-21(15-8-10-18(28-3)20(12-15)30-5)23-24-22(25)31-13-16(26)14-7-9-17(27-2)19(11-14)29-4/h7-12H,6,13H2,1-5H3. The van der Waals surface area contributed by atoms with E-state index < -0.39 is 0 Å². The minimum atomic E-state index is -0.0377. The minimum absolute atomic E-state index is 0.0377. The quantitative estimate of drug-likeness (QED) is 0.344. The molecular weight excluding hydrogens is 418 g/mol. The highest BCUT2D eigenvalue weighted by Crippen LogP contribution is 2.33. The van der Waals surface area contributed by atoms with Gasteiger partial charge < -0.3 is 23.5 Å². The van der Waals surface area contributed by atoms with Crippen molar-refractivity contribution in [2.24, 2.45) is 0 Å². The molecule has 0 aliphatic carbocycles. The van der Waals surface area contributed by atoms with E-state index in [2.05, 4.69) is 10.2 Å². The summed E-state index contributed by atoms with van der Waals surface area (Å²) in [5.74, 6) is 3.24. The molecule has 31 heavy (non-hydrogen) atoms. The second kappa shape index (κ2) is 10.2. The van der Waals surface area contributed by atoms with Gasteiger partial charge in [-0.2, -0.15) is 0 Å². The van der Waals surface area contributed by atoms with Crippen LogP contribution in [0, 0.1) is 0 Å². The molecule has 0 aliphatic rings. The molecule has 1 aromatic heterocycles. The van der Waals surface area contributed by atoms with E-state index in [1.165, 1.54) is 11.8 Å². The Kier molecular flexibility index (Phi) is 7.41. The van der Waals surface area contributed by atoms with E-state index in [4.69, 9.17) is 18.9 Å². The number of carbonyl (C=O) groups excluding carboxylic acids is 1. The van der Waals surface area contributed by atoms with E-state index in [1.54, 1.807) is 46.6 Å². The Balaban J connectivity index is 1.79.